The van der Waals surface area contributed by atoms with Gasteiger partial charge in [0.2, 0.25) is 0 Å². The minimum atomic E-state index is 0.477. The maximum absolute atomic E-state index is 5.67. The zero-order chi connectivity index (χ0) is 8.27. The van der Waals surface area contributed by atoms with E-state index in [1.807, 2.05) is 13.1 Å². The third-order valence-electron chi connectivity index (χ3n) is 1.59. The van der Waals surface area contributed by atoms with Crippen molar-refractivity contribution in [3.05, 3.63) is 36.0 Å². The van der Waals surface area contributed by atoms with Crippen molar-refractivity contribution in [1.29, 1.82) is 0 Å². The van der Waals surface area contributed by atoms with Gasteiger partial charge in [-0.15, -0.1) is 11.6 Å². The van der Waals surface area contributed by atoms with Crippen molar-refractivity contribution in [3.63, 3.8) is 0 Å². The van der Waals surface area contributed by atoms with Crippen LogP contribution in [0, 0.1) is 13.8 Å². The maximum Gasteiger partial charge on any atom is 0.0650 e. The first-order chi connectivity index (χ1) is 5.27. The molecule has 1 rings (SSSR count). The molecule has 0 saturated heterocycles. The summed E-state index contributed by atoms with van der Waals surface area (Å²) < 4.78 is 0. The van der Waals surface area contributed by atoms with Crippen LogP contribution >= 0.6 is 11.6 Å². The number of hydrogen-bond acceptors (Lipinski definition) is 1. The molecule has 0 N–H and O–H groups in total. The van der Waals surface area contributed by atoms with Crippen LogP contribution in [-0.4, -0.2) is 4.98 Å². The van der Waals surface area contributed by atoms with E-state index in [0.29, 0.717) is 5.88 Å². The molecule has 0 spiro atoms. The van der Waals surface area contributed by atoms with E-state index in [1.165, 1.54) is 0 Å². The van der Waals surface area contributed by atoms with Crippen molar-refractivity contribution in [1.82, 2.24) is 4.98 Å². The highest BCUT2D eigenvalue weighted by atomic mass is 35.5. The zero-order valence-electron chi connectivity index (χ0n) is 6.60. The van der Waals surface area contributed by atoms with Crippen molar-refractivity contribution in [2.24, 2.45) is 0 Å². The molecule has 1 nitrogen and oxygen atoms in total. The standard InChI is InChI=1S/C9H11ClN/c1-3-8-4-7(2)6-11-9(8)5-10/h4,6H,1,3,5H2,2H3. The molecule has 1 radical (unpaired) electrons. The van der Waals surface area contributed by atoms with Crippen LogP contribution < -0.4 is 0 Å². The van der Waals surface area contributed by atoms with Gasteiger partial charge in [0.1, 0.15) is 0 Å². The van der Waals surface area contributed by atoms with Crippen molar-refractivity contribution in [3.8, 4) is 0 Å². The van der Waals surface area contributed by atoms with Crippen LogP contribution in [0.4, 0.5) is 0 Å². The molecule has 0 aliphatic carbocycles. The predicted octanol–water partition coefficient (Wildman–Crippen LogP) is 2.51. The third kappa shape index (κ3) is 1.93. The lowest BCUT2D eigenvalue weighted by molar-refractivity contribution is 1.06. The lowest BCUT2D eigenvalue weighted by atomic mass is 10.1. The molecule has 0 bridgehead atoms. The Hall–Kier alpha value is -0.560. The SMILES string of the molecule is [CH2]Cc1cc(C)cnc1CCl. The molecule has 59 valence electrons. The average molecular weight is 169 g/mol. The first kappa shape index (κ1) is 8.54. The molecular formula is C9H11ClN. The maximum atomic E-state index is 5.67. The summed E-state index contributed by atoms with van der Waals surface area (Å²) in [5, 5.41) is 0. The van der Waals surface area contributed by atoms with Crippen molar-refractivity contribution in [2.45, 2.75) is 19.2 Å². The normalized spacial score (nSPS) is 10.1. The smallest absolute Gasteiger partial charge is 0.0650 e. The monoisotopic (exact) mass is 168 g/mol. The minimum Gasteiger partial charge on any atom is -0.259 e. The molecule has 0 amide bonds. The molecule has 0 atom stereocenters. The molecule has 0 aliphatic heterocycles. The molecular weight excluding hydrogens is 158 g/mol. The Morgan fingerprint density at radius 2 is 2.36 bits per heavy atom. The highest BCUT2D eigenvalue weighted by Crippen LogP contribution is 2.10. The van der Waals surface area contributed by atoms with Crippen LogP contribution in [0.1, 0.15) is 16.8 Å². The molecule has 1 aromatic heterocycles. The number of hydrogen-bond donors (Lipinski definition) is 0. The zero-order valence-corrected chi connectivity index (χ0v) is 7.36. The number of alkyl halides is 1. The quantitative estimate of drug-likeness (QED) is 0.619. The van der Waals surface area contributed by atoms with Gasteiger partial charge in [0.05, 0.1) is 11.6 Å². The number of halogens is 1. The van der Waals surface area contributed by atoms with Gasteiger partial charge in [-0.2, -0.15) is 0 Å². The topological polar surface area (TPSA) is 12.9 Å². The summed E-state index contributed by atoms with van der Waals surface area (Å²) in [6.45, 7) is 5.83. The molecule has 11 heavy (non-hydrogen) atoms. The first-order valence-corrected chi connectivity index (χ1v) is 4.11. The summed E-state index contributed by atoms with van der Waals surface area (Å²) in [5.41, 5.74) is 3.27. The van der Waals surface area contributed by atoms with Gasteiger partial charge in [0, 0.05) is 6.20 Å². The average Bonchev–Trinajstić information content (AvgIpc) is 2.04. The summed E-state index contributed by atoms with van der Waals surface area (Å²) in [5.74, 6) is 0.477. The summed E-state index contributed by atoms with van der Waals surface area (Å²) in [4.78, 5) is 4.20. The van der Waals surface area contributed by atoms with Crippen molar-refractivity contribution >= 4 is 11.6 Å². The summed E-state index contributed by atoms with van der Waals surface area (Å²) in [6, 6.07) is 2.08. The van der Waals surface area contributed by atoms with Crippen molar-refractivity contribution < 1.29 is 0 Å². The number of rotatable bonds is 2. The van der Waals surface area contributed by atoms with E-state index >= 15 is 0 Å². The fraction of sp³-hybridized carbons (Fsp3) is 0.333. The Morgan fingerprint density at radius 3 is 2.91 bits per heavy atom. The van der Waals surface area contributed by atoms with E-state index in [9.17, 15) is 0 Å². The molecule has 1 aromatic rings. The van der Waals surface area contributed by atoms with Crippen LogP contribution in [0.25, 0.3) is 0 Å². The van der Waals surface area contributed by atoms with E-state index < -0.39 is 0 Å². The molecule has 2 heteroatoms. The Morgan fingerprint density at radius 1 is 1.64 bits per heavy atom. The lowest BCUT2D eigenvalue weighted by Crippen LogP contribution is -1.94. The number of aromatic nitrogens is 1. The molecule has 0 unspecified atom stereocenters. The Labute approximate surface area is 72.4 Å². The van der Waals surface area contributed by atoms with Gasteiger partial charge in [0.15, 0.2) is 0 Å². The highest BCUT2D eigenvalue weighted by molar-refractivity contribution is 6.17. The molecule has 0 saturated carbocycles. The largest absolute Gasteiger partial charge is 0.259 e. The number of nitrogens with zero attached hydrogens (tertiary/aromatic N) is 1. The van der Waals surface area contributed by atoms with Crippen LogP contribution in [0.5, 0.6) is 0 Å². The van der Waals surface area contributed by atoms with Gasteiger partial charge in [0.25, 0.3) is 0 Å². The molecule has 0 aromatic carbocycles. The van der Waals surface area contributed by atoms with Crippen molar-refractivity contribution in [2.75, 3.05) is 0 Å². The third-order valence-corrected chi connectivity index (χ3v) is 1.85. The predicted molar refractivity (Wildman–Crippen MR) is 47.6 cm³/mol. The summed E-state index contributed by atoms with van der Waals surface area (Å²) in [7, 11) is 0. The number of aryl methyl sites for hydroxylation is 1. The van der Waals surface area contributed by atoms with Crippen LogP contribution in [0.2, 0.25) is 0 Å². The Balaban J connectivity index is 3.06. The summed E-state index contributed by atoms with van der Waals surface area (Å²) in [6.07, 6.45) is 2.59. The Bertz CT molecular complexity index is 245. The van der Waals surface area contributed by atoms with Crippen LogP contribution in [0.3, 0.4) is 0 Å². The second-order valence-corrected chi connectivity index (χ2v) is 2.77. The number of pyridine rings is 1. The van der Waals surface area contributed by atoms with Crippen LogP contribution in [-0.2, 0) is 12.3 Å². The van der Waals surface area contributed by atoms with Gasteiger partial charge in [-0.3, -0.25) is 4.98 Å². The van der Waals surface area contributed by atoms with E-state index in [2.05, 4.69) is 18.0 Å². The van der Waals surface area contributed by atoms with E-state index in [0.717, 1.165) is 23.2 Å². The first-order valence-electron chi connectivity index (χ1n) is 3.57. The molecule has 0 aliphatic rings. The van der Waals surface area contributed by atoms with E-state index in [4.69, 9.17) is 11.6 Å². The Kier molecular flexibility index (Phi) is 2.89. The van der Waals surface area contributed by atoms with E-state index in [-0.39, 0.29) is 0 Å². The second kappa shape index (κ2) is 3.72. The highest BCUT2D eigenvalue weighted by Gasteiger charge is 1.99. The van der Waals surface area contributed by atoms with Gasteiger partial charge in [-0.1, -0.05) is 6.07 Å². The van der Waals surface area contributed by atoms with E-state index in [1.54, 1.807) is 0 Å². The van der Waals surface area contributed by atoms with Gasteiger partial charge in [-0.05, 0) is 31.4 Å². The van der Waals surface area contributed by atoms with Gasteiger partial charge >= 0.3 is 0 Å². The fourth-order valence-corrected chi connectivity index (χ4v) is 1.24. The minimum absolute atomic E-state index is 0.477. The van der Waals surface area contributed by atoms with Gasteiger partial charge < -0.3 is 0 Å². The summed E-state index contributed by atoms with van der Waals surface area (Å²) >= 11 is 5.67. The van der Waals surface area contributed by atoms with Gasteiger partial charge in [-0.25, -0.2) is 0 Å². The fourth-order valence-electron chi connectivity index (χ4n) is 0.995. The lowest BCUT2D eigenvalue weighted by Gasteiger charge is -2.03. The van der Waals surface area contributed by atoms with Crippen LogP contribution in [0.15, 0.2) is 12.3 Å². The second-order valence-electron chi connectivity index (χ2n) is 2.50. The molecule has 0 fully saturated rings. The molecule has 1 heterocycles.